The molecule has 2 aliphatic rings. The summed E-state index contributed by atoms with van der Waals surface area (Å²) >= 11 is 0. The van der Waals surface area contributed by atoms with E-state index >= 15 is 0 Å². The van der Waals surface area contributed by atoms with Crippen molar-refractivity contribution in [2.75, 3.05) is 23.3 Å². The fraction of sp³-hybridized carbons (Fsp3) is 0.500. The molecule has 2 saturated heterocycles. The number of anilines is 2. The van der Waals surface area contributed by atoms with E-state index in [4.69, 9.17) is 5.73 Å². The van der Waals surface area contributed by atoms with Crippen LogP contribution in [0.4, 0.5) is 11.5 Å². The number of piperidine rings is 1. The molecule has 198 valence electrons. The maximum atomic E-state index is 13.2. The summed E-state index contributed by atoms with van der Waals surface area (Å²) in [6.45, 7) is 7.25. The Balaban J connectivity index is 1.38. The first-order valence-corrected chi connectivity index (χ1v) is 13.2. The van der Waals surface area contributed by atoms with Crippen LogP contribution in [-0.2, 0) is 0 Å². The number of nitrogens with one attached hydrogen (secondary N) is 3. The normalized spacial score (nSPS) is 20.6. The quantitative estimate of drug-likeness (QED) is 0.272. The molecule has 3 atom stereocenters. The standard InChI is InChI=1S/C28H38N6O3/c1-17(2)30-11-4-12-31-25-13-19(5-9-24(25)27(29)36)28(37)33-21-14-22-7-8-23(15-21)34(22)26-10-6-20(16-32-26)18(3)35/h5-6,9-10,13,16-17,21-23,30-31H,4,7-8,11-12,14-15H2,1-3H3,(H2,29,36)(H,33,37)/t21-,22+,23-. The van der Waals surface area contributed by atoms with Crippen molar-refractivity contribution >= 4 is 29.1 Å². The molecule has 2 amide bonds. The number of carbonyl (C=O) groups is 3. The number of hydrogen-bond donors (Lipinski definition) is 4. The minimum Gasteiger partial charge on any atom is -0.384 e. The van der Waals surface area contributed by atoms with E-state index in [0.29, 0.717) is 47.0 Å². The van der Waals surface area contributed by atoms with Crippen molar-refractivity contribution in [3.8, 4) is 0 Å². The van der Waals surface area contributed by atoms with Crippen LogP contribution in [0.2, 0.25) is 0 Å². The highest BCUT2D eigenvalue weighted by atomic mass is 16.2. The van der Waals surface area contributed by atoms with E-state index in [1.165, 1.54) is 0 Å². The van der Waals surface area contributed by atoms with Gasteiger partial charge in [-0.25, -0.2) is 4.98 Å². The average Bonchev–Trinajstić information content (AvgIpc) is 3.13. The van der Waals surface area contributed by atoms with E-state index < -0.39 is 5.91 Å². The molecule has 0 spiro atoms. The maximum absolute atomic E-state index is 13.2. The largest absolute Gasteiger partial charge is 0.384 e. The summed E-state index contributed by atoms with van der Waals surface area (Å²) in [5.41, 5.74) is 7.64. The molecule has 4 rings (SSSR count). The summed E-state index contributed by atoms with van der Waals surface area (Å²) in [7, 11) is 0. The lowest BCUT2D eigenvalue weighted by molar-refractivity contribution is 0.0924. The maximum Gasteiger partial charge on any atom is 0.251 e. The zero-order chi connectivity index (χ0) is 26.5. The molecular formula is C28H38N6O3. The van der Waals surface area contributed by atoms with Crippen LogP contribution in [0.25, 0.3) is 0 Å². The molecule has 9 heteroatoms. The first kappa shape index (κ1) is 26.6. The molecule has 1 aromatic heterocycles. The first-order chi connectivity index (χ1) is 17.7. The van der Waals surface area contributed by atoms with Crippen LogP contribution in [0.1, 0.15) is 83.9 Å². The smallest absolute Gasteiger partial charge is 0.251 e. The Morgan fingerprint density at radius 2 is 1.76 bits per heavy atom. The topological polar surface area (TPSA) is 129 Å². The summed E-state index contributed by atoms with van der Waals surface area (Å²) in [5.74, 6) is 0.225. The van der Waals surface area contributed by atoms with Crippen LogP contribution in [0, 0.1) is 0 Å². The van der Waals surface area contributed by atoms with E-state index in [1.54, 1.807) is 31.3 Å². The molecule has 2 aromatic rings. The second kappa shape index (κ2) is 11.7. The van der Waals surface area contributed by atoms with Gasteiger partial charge in [-0.15, -0.1) is 0 Å². The zero-order valence-electron chi connectivity index (χ0n) is 21.9. The Kier molecular flexibility index (Phi) is 8.43. The van der Waals surface area contributed by atoms with Gasteiger partial charge in [0.05, 0.1) is 5.56 Å². The number of rotatable bonds is 11. The molecule has 0 radical (unpaired) electrons. The number of amides is 2. The van der Waals surface area contributed by atoms with E-state index in [9.17, 15) is 14.4 Å². The Hall–Kier alpha value is -3.46. The molecule has 37 heavy (non-hydrogen) atoms. The van der Waals surface area contributed by atoms with Gasteiger partial charge < -0.3 is 26.6 Å². The van der Waals surface area contributed by atoms with Crippen molar-refractivity contribution in [1.82, 2.24) is 15.6 Å². The summed E-state index contributed by atoms with van der Waals surface area (Å²) in [6, 6.07) is 9.83. The number of fused-ring (bicyclic) bond motifs is 2. The molecule has 9 nitrogen and oxygen atoms in total. The number of carbonyl (C=O) groups excluding carboxylic acids is 3. The Morgan fingerprint density at radius 3 is 2.35 bits per heavy atom. The molecule has 2 fully saturated rings. The number of aromatic nitrogens is 1. The van der Waals surface area contributed by atoms with Crippen LogP contribution in [-0.4, -0.2) is 59.8 Å². The SMILES string of the molecule is CC(=O)c1ccc(N2[C@@H]3CC[C@H]2C[C@@H](NC(=O)c2ccc(C(N)=O)c(NCCCNC(C)C)c2)C3)nc1. The lowest BCUT2D eigenvalue weighted by Crippen LogP contribution is -2.50. The summed E-state index contributed by atoms with van der Waals surface area (Å²) < 4.78 is 0. The number of Topliss-reactive ketones (excluding diaryl/α,β-unsaturated/α-hetero) is 1. The highest BCUT2D eigenvalue weighted by Gasteiger charge is 2.41. The van der Waals surface area contributed by atoms with Crippen molar-refractivity contribution in [3.63, 3.8) is 0 Å². The summed E-state index contributed by atoms with van der Waals surface area (Å²) in [6.07, 6.45) is 6.31. The third-order valence-electron chi connectivity index (χ3n) is 7.26. The van der Waals surface area contributed by atoms with Gasteiger partial charge in [-0.3, -0.25) is 14.4 Å². The van der Waals surface area contributed by atoms with Gasteiger partial charge in [-0.2, -0.15) is 0 Å². The van der Waals surface area contributed by atoms with E-state index in [-0.39, 0.29) is 17.7 Å². The Morgan fingerprint density at radius 1 is 1.05 bits per heavy atom. The fourth-order valence-corrected chi connectivity index (χ4v) is 5.43. The van der Waals surface area contributed by atoms with Crippen molar-refractivity contribution in [2.45, 2.75) is 77.0 Å². The van der Waals surface area contributed by atoms with Crippen LogP contribution < -0.4 is 26.6 Å². The third-order valence-corrected chi connectivity index (χ3v) is 7.26. The number of pyridine rings is 1. The fourth-order valence-electron chi connectivity index (χ4n) is 5.43. The van der Waals surface area contributed by atoms with Gasteiger partial charge in [-0.1, -0.05) is 13.8 Å². The number of primary amides is 1. The zero-order valence-corrected chi connectivity index (χ0v) is 21.9. The molecule has 5 N–H and O–H groups in total. The highest BCUT2D eigenvalue weighted by molar-refractivity contribution is 6.02. The molecule has 0 saturated carbocycles. The van der Waals surface area contributed by atoms with Crippen molar-refractivity contribution in [3.05, 3.63) is 53.2 Å². The molecule has 0 aliphatic carbocycles. The minimum atomic E-state index is -0.524. The van der Waals surface area contributed by atoms with Gasteiger partial charge in [0.25, 0.3) is 11.8 Å². The lowest BCUT2D eigenvalue weighted by atomic mass is 9.96. The van der Waals surface area contributed by atoms with Crippen molar-refractivity contribution < 1.29 is 14.4 Å². The van der Waals surface area contributed by atoms with Gasteiger partial charge in [0.2, 0.25) is 0 Å². The number of hydrogen-bond acceptors (Lipinski definition) is 7. The Labute approximate surface area is 218 Å². The van der Waals surface area contributed by atoms with E-state index in [2.05, 4.69) is 39.7 Å². The van der Waals surface area contributed by atoms with Crippen molar-refractivity contribution in [1.29, 1.82) is 0 Å². The second-order valence-corrected chi connectivity index (χ2v) is 10.4. The monoisotopic (exact) mass is 506 g/mol. The first-order valence-electron chi connectivity index (χ1n) is 13.2. The number of nitrogens with zero attached hydrogens (tertiary/aromatic N) is 2. The summed E-state index contributed by atoms with van der Waals surface area (Å²) in [5, 5.41) is 9.84. The van der Waals surface area contributed by atoms with Crippen LogP contribution >= 0.6 is 0 Å². The van der Waals surface area contributed by atoms with Crippen LogP contribution in [0.15, 0.2) is 36.5 Å². The van der Waals surface area contributed by atoms with Crippen molar-refractivity contribution in [2.24, 2.45) is 5.73 Å². The second-order valence-electron chi connectivity index (χ2n) is 10.4. The predicted molar refractivity (Wildman–Crippen MR) is 145 cm³/mol. The van der Waals surface area contributed by atoms with Gasteiger partial charge in [-0.05, 0) is 75.9 Å². The third kappa shape index (κ3) is 6.46. The van der Waals surface area contributed by atoms with Gasteiger partial charge in [0, 0.05) is 53.7 Å². The predicted octanol–water partition coefficient (Wildman–Crippen LogP) is 3.11. The Bertz CT molecular complexity index is 1120. The van der Waals surface area contributed by atoms with Gasteiger partial charge >= 0.3 is 0 Å². The average molecular weight is 507 g/mol. The molecule has 1 aromatic carbocycles. The molecule has 0 unspecified atom stereocenters. The number of ketones is 1. The minimum absolute atomic E-state index is 0.00814. The van der Waals surface area contributed by atoms with Crippen LogP contribution in [0.3, 0.4) is 0 Å². The van der Waals surface area contributed by atoms with E-state index in [0.717, 1.165) is 44.5 Å². The van der Waals surface area contributed by atoms with Crippen LogP contribution in [0.5, 0.6) is 0 Å². The lowest BCUT2D eigenvalue weighted by Gasteiger charge is -2.40. The molecule has 2 bridgehead atoms. The molecular weight excluding hydrogens is 468 g/mol. The molecule has 2 aliphatic heterocycles. The number of nitrogens with two attached hydrogens (primary N) is 1. The number of benzene rings is 1. The van der Waals surface area contributed by atoms with E-state index in [1.807, 2.05) is 12.1 Å². The molecule has 3 heterocycles. The van der Waals surface area contributed by atoms with Gasteiger partial charge in [0.1, 0.15) is 5.82 Å². The highest BCUT2D eigenvalue weighted by Crippen LogP contribution is 2.38. The van der Waals surface area contributed by atoms with Gasteiger partial charge in [0.15, 0.2) is 5.78 Å². The summed E-state index contributed by atoms with van der Waals surface area (Å²) in [4.78, 5) is 43.6.